The molecule has 2 atom stereocenters. The molecule has 108 valence electrons. The van der Waals surface area contributed by atoms with Gasteiger partial charge >= 0.3 is 0 Å². The number of quaternary nitrogens is 1. The van der Waals surface area contributed by atoms with E-state index in [0.29, 0.717) is 0 Å². The van der Waals surface area contributed by atoms with Crippen LogP contribution in [0.25, 0.3) is 0 Å². The Hall–Kier alpha value is -2.85. The number of rotatable bonds is 1. The fourth-order valence-electron chi connectivity index (χ4n) is 3.08. The number of fused-ring (bicyclic) bond motifs is 2. The van der Waals surface area contributed by atoms with Crippen molar-refractivity contribution in [3.63, 3.8) is 0 Å². The monoisotopic (exact) mass is 289 g/mol. The number of anilines is 1. The molecular formula is C18H17N4+. The molecule has 0 radical (unpaired) electrons. The van der Waals surface area contributed by atoms with Crippen LogP contribution >= 0.6 is 0 Å². The summed E-state index contributed by atoms with van der Waals surface area (Å²) in [6, 6.07) is 16.3. The highest BCUT2D eigenvalue weighted by Gasteiger charge is 2.35. The van der Waals surface area contributed by atoms with Gasteiger partial charge in [-0.2, -0.15) is 0 Å². The van der Waals surface area contributed by atoms with E-state index in [9.17, 15) is 0 Å². The molecule has 2 aromatic carbocycles. The predicted octanol–water partition coefficient (Wildman–Crippen LogP) is 1.98. The number of nitrogen functional groups attached to an aromatic ring is 1. The van der Waals surface area contributed by atoms with Gasteiger partial charge in [0.1, 0.15) is 17.1 Å². The van der Waals surface area contributed by atoms with Gasteiger partial charge in [-0.15, -0.1) is 0 Å². The Labute approximate surface area is 129 Å². The van der Waals surface area contributed by atoms with Gasteiger partial charge in [-0.1, -0.05) is 18.2 Å². The van der Waals surface area contributed by atoms with E-state index in [4.69, 9.17) is 16.5 Å². The molecule has 22 heavy (non-hydrogen) atoms. The zero-order valence-corrected chi connectivity index (χ0v) is 12.0. The Morgan fingerprint density at radius 2 is 1.77 bits per heavy atom. The molecule has 4 heteroatoms. The number of nitrogens with two attached hydrogens (primary N) is 2. The van der Waals surface area contributed by atoms with Crippen molar-refractivity contribution in [3.05, 3.63) is 72.5 Å². The molecule has 0 spiro atoms. The van der Waals surface area contributed by atoms with Crippen LogP contribution in [0.1, 0.15) is 0 Å². The number of para-hydroxylation sites is 1. The third-order valence-electron chi connectivity index (χ3n) is 4.08. The molecule has 5 N–H and O–H groups in total. The second-order valence-corrected chi connectivity index (χ2v) is 5.57. The van der Waals surface area contributed by atoms with Gasteiger partial charge in [0.05, 0.1) is 0 Å². The van der Waals surface area contributed by atoms with Crippen LogP contribution in [0.4, 0.5) is 22.7 Å². The molecule has 2 aromatic rings. The Bertz CT molecular complexity index is 818. The van der Waals surface area contributed by atoms with E-state index in [0.717, 1.165) is 28.5 Å². The summed E-state index contributed by atoms with van der Waals surface area (Å²) in [6.07, 6.45) is 5.97. The molecule has 0 fully saturated rings. The summed E-state index contributed by atoms with van der Waals surface area (Å²) in [5, 5.41) is 0. The second-order valence-electron chi connectivity index (χ2n) is 5.57. The minimum absolute atomic E-state index is 0.0710. The molecule has 0 saturated carbocycles. The number of allylic oxidation sites excluding steroid dienone is 1. The zero-order chi connectivity index (χ0) is 15.1. The third-order valence-corrected chi connectivity index (χ3v) is 4.08. The Morgan fingerprint density at radius 3 is 2.59 bits per heavy atom. The lowest BCUT2D eigenvalue weighted by Crippen LogP contribution is -3.08. The van der Waals surface area contributed by atoms with E-state index in [2.05, 4.69) is 18.2 Å². The van der Waals surface area contributed by atoms with E-state index in [1.54, 1.807) is 0 Å². The highest BCUT2D eigenvalue weighted by molar-refractivity contribution is 6.04. The van der Waals surface area contributed by atoms with Crippen molar-refractivity contribution in [3.8, 4) is 0 Å². The highest BCUT2D eigenvalue weighted by Crippen LogP contribution is 2.30. The van der Waals surface area contributed by atoms with Crippen LogP contribution in [-0.4, -0.2) is 11.8 Å². The number of nitrogens with one attached hydrogen (secondary N) is 1. The van der Waals surface area contributed by atoms with E-state index in [1.807, 2.05) is 48.6 Å². The number of aliphatic imine (C=N–C) groups is 1. The van der Waals surface area contributed by atoms with Crippen molar-refractivity contribution in [2.45, 2.75) is 6.04 Å². The van der Waals surface area contributed by atoms with Gasteiger partial charge in [0.15, 0.2) is 11.7 Å². The minimum Gasteiger partial charge on any atom is -0.399 e. The summed E-state index contributed by atoms with van der Waals surface area (Å²) >= 11 is 0. The molecule has 2 unspecified atom stereocenters. The fourth-order valence-corrected chi connectivity index (χ4v) is 3.08. The summed E-state index contributed by atoms with van der Waals surface area (Å²) in [5.41, 5.74) is 17.8. The van der Waals surface area contributed by atoms with Crippen molar-refractivity contribution in [2.24, 2.45) is 10.7 Å². The van der Waals surface area contributed by atoms with E-state index in [1.165, 1.54) is 10.6 Å². The standard InChI is InChI=1S/C18H16N4/c19-12-6-8-15-17(10-12)22(14-4-2-1-3-5-14)18-11-13(20)7-9-16(18)21-15/h1-11,17H,19-20H2/p+1. The quantitative estimate of drug-likeness (QED) is 0.703. The SMILES string of the molecule is NC1=CC2C(=Nc3ccc(N)cc3[NH+]2c2ccccc2)C=C1. The van der Waals surface area contributed by atoms with Crippen molar-refractivity contribution in [1.29, 1.82) is 0 Å². The molecule has 4 rings (SSSR count). The van der Waals surface area contributed by atoms with E-state index in [-0.39, 0.29) is 6.04 Å². The van der Waals surface area contributed by atoms with Crippen molar-refractivity contribution >= 4 is 28.5 Å². The highest BCUT2D eigenvalue weighted by atomic mass is 15.2. The number of hydrogen-bond acceptors (Lipinski definition) is 3. The van der Waals surface area contributed by atoms with Gasteiger partial charge in [0.2, 0.25) is 0 Å². The molecule has 0 bridgehead atoms. The summed E-state index contributed by atoms with van der Waals surface area (Å²) < 4.78 is 0. The first-order chi connectivity index (χ1) is 10.7. The largest absolute Gasteiger partial charge is 0.399 e. The molecule has 0 amide bonds. The van der Waals surface area contributed by atoms with E-state index >= 15 is 0 Å². The lowest BCUT2D eigenvalue weighted by atomic mass is 9.98. The first-order valence-corrected chi connectivity index (χ1v) is 7.28. The van der Waals surface area contributed by atoms with Crippen LogP contribution in [0.15, 0.2) is 77.4 Å². The first-order valence-electron chi connectivity index (χ1n) is 7.28. The molecule has 1 heterocycles. The molecule has 0 saturated heterocycles. The van der Waals surface area contributed by atoms with Gasteiger partial charge in [-0.25, -0.2) is 4.99 Å². The van der Waals surface area contributed by atoms with Gasteiger partial charge in [0.25, 0.3) is 0 Å². The summed E-state index contributed by atoms with van der Waals surface area (Å²) in [6.45, 7) is 0. The Kier molecular flexibility index (Phi) is 2.84. The van der Waals surface area contributed by atoms with Crippen molar-refractivity contribution < 1.29 is 4.90 Å². The average molecular weight is 289 g/mol. The zero-order valence-electron chi connectivity index (χ0n) is 12.0. The summed E-state index contributed by atoms with van der Waals surface area (Å²) in [4.78, 5) is 5.98. The van der Waals surface area contributed by atoms with Gasteiger partial charge in [-0.05, 0) is 36.4 Å². The lowest BCUT2D eigenvalue weighted by molar-refractivity contribution is -0.770. The van der Waals surface area contributed by atoms with Crippen LogP contribution < -0.4 is 16.4 Å². The smallest absolute Gasteiger partial charge is 0.165 e. The van der Waals surface area contributed by atoms with Crippen LogP contribution in [0.5, 0.6) is 0 Å². The molecule has 4 nitrogen and oxygen atoms in total. The van der Waals surface area contributed by atoms with Crippen LogP contribution in [0.2, 0.25) is 0 Å². The molecular weight excluding hydrogens is 272 g/mol. The summed E-state index contributed by atoms with van der Waals surface area (Å²) in [5.74, 6) is 0. The van der Waals surface area contributed by atoms with Crippen molar-refractivity contribution in [2.75, 3.05) is 5.73 Å². The number of nitrogens with zero attached hydrogens (tertiary/aromatic N) is 1. The molecule has 2 aliphatic rings. The fraction of sp³-hybridized carbons (Fsp3) is 0.0556. The topological polar surface area (TPSA) is 68.8 Å². The summed E-state index contributed by atoms with van der Waals surface area (Å²) in [7, 11) is 0. The maximum absolute atomic E-state index is 6.01. The van der Waals surface area contributed by atoms with Crippen LogP contribution in [0, 0.1) is 0 Å². The van der Waals surface area contributed by atoms with Gasteiger partial charge < -0.3 is 11.5 Å². The van der Waals surface area contributed by atoms with E-state index < -0.39 is 0 Å². The van der Waals surface area contributed by atoms with Crippen LogP contribution in [-0.2, 0) is 0 Å². The minimum atomic E-state index is 0.0710. The molecule has 1 aliphatic carbocycles. The average Bonchev–Trinajstić information content (AvgIpc) is 2.54. The number of hydrogen-bond donors (Lipinski definition) is 3. The maximum atomic E-state index is 6.01. The molecule has 1 aliphatic heterocycles. The maximum Gasteiger partial charge on any atom is 0.165 e. The third kappa shape index (κ3) is 2.01. The molecule has 0 aromatic heterocycles. The Balaban J connectivity index is 1.95. The predicted molar refractivity (Wildman–Crippen MR) is 89.9 cm³/mol. The normalized spacial score (nSPS) is 22.4. The van der Waals surface area contributed by atoms with Gasteiger partial charge in [0, 0.05) is 23.5 Å². The van der Waals surface area contributed by atoms with Crippen LogP contribution in [0.3, 0.4) is 0 Å². The van der Waals surface area contributed by atoms with Gasteiger partial charge in [-0.3, -0.25) is 4.90 Å². The van der Waals surface area contributed by atoms with Crippen molar-refractivity contribution in [1.82, 2.24) is 0 Å². The number of benzene rings is 2. The first kappa shape index (κ1) is 12.9. The Morgan fingerprint density at radius 1 is 0.955 bits per heavy atom. The lowest BCUT2D eigenvalue weighted by Gasteiger charge is -2.32. The second kappa shape index (κ2) is 4.86.